The molecule has 1 aliphatic carbocycles. The zero-order valence-electron chi connectivity index (χ0n) is 7.99. The van der Waals surface area contributed by atoms with Crippen molar-refractivity contribution in [3.63, 3.8) is 0 Å². The molecule has 2 rings (SSSR count). The van der Waals surface area contributed by atoms with E-state index >= 15 is 0 Å². The average Bonchev–Trinajstić information content (AvgIpc) is 2.16. The van der Waals surface area contributed by atoms with Crippen LogP contribution in [0.25, 0.3) is 0 Å². The van der Waals surface area contributed by atoms with Crippen LogP contribution in [-0.2, 0) is 12.8 Å². The Balaban J connectivity index is 2.40. The van der Waals surface area contributed by atoms with Gasteiger partial charge in [0, 0.05) is 12.1 Å². The highest BCUT2D eigenvalue weighted by molar-refractivity contribution is 5.44. The molecule has 14 heavy (non-hydrogen) atoms. The minimum absolute atomic E-state index is 0.191. The topological polar surface area (TPSA) is 43.1 Å². The predicted molar refractivity (Wildman–Crippen MR) is 54.3 cm³/mol. The summed E-state index contributed by atoms with van der Waals surface area (Å²) in [6.07, 6.45) is 3.88. The van der Waals surface area contributed by atoms with Gasteiger partial charge in [0.15, 0.2) is 0 Å². The smallest absolute Gasteiger partial charge is 0.258 e. The molecule has 0 atom stereocenters. The summed E-state index contributed by atoms with van der Waals surface area (Å²) in [7, 11) is 0. The van der Waals surface area contributed by atoms with Crippen LogP contribution in [0.4, 0.5) is 5.69 Å². The Morgan fingerprint density at radius 3 is 2.86 bits per heavy atom. The first kappa shape index (κ1) is 8.94. The van der Waals surface area contributed by atoms with Crippen molar-refractivity contribution in [2.24, 2.45) is 0 Å². The van der Waals surface area contributed by atoms with Crippen molar-refractivity contribution in [1.82, 2.24) is 0 Å². The van der Waals surface area contributed by atoms with Gasteiger partial charge in [0.05, 0.1) is 4.92 Å². The normalized spacial score (nSPS) is 14.5. The molecule has 0 spiro atoms. The lowest BCUT2D eigenvalue weighted by molar-refractivity contribution is -0.384. The van der Waals surface area contributed by atoms with Gasteiger partial charge >= 0.3 is 0 Å². The Morgan fingerprint density at radius 2 is 2.14 bits per heavy atom. The highest BCUT2D eigenvalue weighted by Crippen LogP contribution is 2.24. The van der Waals surface area contributed by atoms with Crippen molar-refractivity contribution in [3.8, 4) is 0 Å². The number of allylic oxidation sites excluding steroid dienone is 2. The Bertz CT molecular complexity index is 421. The lowest BCUT2D eigenvalue weighted by atomic mass is 9.92. The van der Waals surface area contributed by atoms with Gasteiger partial charge in [0.1, 0.15) is 0 Å². The molecule has 0 radical (unpaired) electrons. The van der Waals surface area contributed by atoms with Gasteiger partial charge in [-0.3, -0.25) is 10.1 Å². The summed E-state index contributed by atoms with van der Waals surface area (Å²) in [6, 6.07) is 5.12. The van der Waals surface area contributed by atoms with Crippen LogP contribution in [0.15, 0.2) is 29.8 Å². The van der Waals surface area contributed by atoms with E-state index in [2.05, 4.69) is 13.0 Å². The van der Waals surface area contributed by atoms with E-state index in [1.165, 1.54) is 11.1 Å². The molecule has 3 heteroatoms. The van der Waals surface area contributed by atoms with Crippen LogP contribution in [0.5, 0.6) is 0 Å². The molecule has 0 N–H and O–H groups in total. The number of fused-ring (bicyclic) bond motifs is 1. The molecule has 0 aromatic heterocycles. The van der Waals surface area contributed by atoms with Crippen LogP contribution in [0.2, 0.25) is 0 Å². The zero-order valence-corrected chi connectivity index (χ0v) is 7.99. The van der Waals surface area contributed by atoms with Crippen molar-refractivity contribution < 1.29 is 4.92 Å². The fraction of sp³-hybridized carbons (Fsp3) is 0.273. The van der Waals surface area contributed by atoms with E-state index in [9.17, 15) is 10.1 Å². The summed E-state index contributed by atoms with van der Waals surface area (Å²) in [6.45, 7) is 2.09. The van der Waals surface area contributed by atoms with Crippen LogP contribution in [0.1, 0.15) is 18.1 Å². The fourth-order valence-corrected chi connectivity index (χ4v) is 1.75. The molecule has 1 aromatic rings. The summed E-state index contributed by atoms with van der Waals surface area (Å²) in [5.74, 6) is 0. The van der Waals surface area contributed by atoms with Gasteiger partial charge in [-0.1, -0.05) is 17.7 Å². The van der Waals surface area contributed by atoms with Crippen LogP contribution < -0.4 is 0 Å². The minimum Gasteiger partial charge on any atom is -0.258 e. The number of hydrogen-bond donors (Lipinski definition) is 0. The maximum Gasteiger partial charge on any atom is 0.269 e. The van der Waals surface area contributed by atoms with Crippen LogP contribution in [-0.4, -0.2) is 4.92 Å². The zero-order chi connectivity index (χ0) is 10.1. The maximum atomic E-state index is 10.5. The number of nitrogens with zero attached hydrogens (tertiary/aromatic N) is 1. The lowest BCUT2D eigenvalue weighted by Gasteiger charge is -2.13. The van der Waals surface area contributed by atoms with Crippen LogP contribution in [0.3, 0.4) is 0 Å². The first-order valence-electron chi connectivity index (χ1n) is 4.58. The van der Waals surface area contributed by atoms with E-state index in [0.717, 1.165) is 18.4 Å². The van der Waals surface area contributed by atoms with Gasteiger partial charge in [-0.15, -0.1) is 0 Å². The summed E-state index contributed by atoms with van der Waals surface area (Å²) >= 11 is 0. The van der Waals surface area contributed by atoms with Gasteiger partial charge in [-0.25, -0.2) is 0 Å². The van der Waals surface area contributed by atoms with Gasteiger partial charge in [-0.05, 0) is 30.9 Å². The minimum atomic E-state index is -0.342. The summed E-state index contributed by atoms with van der Waals surface area (Å²) in [5.41, 5.74) is 3.84. The fourth-order valence-electron chi connectivity index (χ4n) is 1.75. The Hall–Kier alpha value is -1.64. The van der Waals surface area contributed by atoms with Crippen molar-refractivity contribution in [1.29, 1.82) is 0 Å². The Labute approximate surface area is 82.2 Å². The van der Waals surface area contributed by atoms with E-state index in [1.807, 2.05) is 6.07 Å². The van der Waals surface area contributed by atoms with Gasteiger partial charge in [0.2, 0.25) is 0 Å². The molecule has 0 heterocycles. The number of non-ortho nitro benzene ring substituents is 1. The largest absolute Gasteiger partial charge is 0.269 e. The molecule has 3 nitrogen and oxygen atoms in total. The van der Waals surface area contributed by atoms with Crippen molar-refractivity contribution in [3.05, 3.63) is 51.1 Å². The van der Waals surface area contributed by atoms with Crippen LogP contribution >= 0.6 is 0 Å². The lowest BCUT2D eigenvalue weighted by Crippen LogP contribution is -2.02. The molecule has 0 unspecified atom stereocenters. The van der Waals surface area contributed by atoms with Gasteiger partial charge < -0.3 is 0 Å². The highest BCUT2D eigenvalue weighted by Gasteiger charge is 2.12. The van der Waals surface area contributed by atoms with E-state index < -0.39 is 0 Å². The van der Waals surface area contributed by atoms with Crippen molar-refractivity contribution in [2.45, 2.75) is 19.8 Å². The number of hydrogen-bond acceptors (Lipinski definition) is 2. The first-order valence-corrected chi connectivity index (χ1v) is 4.58. The Kier molecular flexibility index (Phi) is 2.08. The maximum absolute atomic E-state index is 10.5. The average molecular weight is 189 g/mol. The third-order valence-electron chi connectivity index (χ3n) is 2.54. The molecule has 0 saturated heterocycles. The molecule has 72 valence electrons. The second-order valence-electron chi connectivity index (χ2n) is 3.64. The van der Waals surface area contributed by atoms with Gasteiger partial charge in [0.25, 0.3) is 5.69 Å². The molecule has 0 saturated carbocycles. The van der Waals surface area contributed by atoms with E-state index in [-0.39, 0.29) is 10.6 Å². The van der Waals surface area contributed by atoms with Crippen molar-refractivity contribution >= 4 is 5.69 Å². The third kappa shape index (κ3) is 1.53. The molecular weight excluding hydrogens is 178 g/mol. The first-order chi connectivity index (χ1) is 6.66. The van der Waals surface area contributed by atoms with Gasteiger partial charge in [-0.2, -0.15) is 0 Å². The summed E-state index contributed by atoms with van der Waals surface area (Å²) in [5, 5.41) is 10.5. The molecule has 0 aliphatic heterocycles. The summed E-state index contributed by atoms with van der Waals surface area (Å²) in [4.78, 5) is 10.2. The van der Waals surface area contributed by atoms with E-state index in [4.69, 9.17) is 0 Å². The number of nitro groups is 1. The quantitative estimate of drug-likeness (QED) is 0.387. The predicted octanol–water partition coefficient (Wildman–Crippen LogP) is 2.64. The molecule has 0 fully saturated rings. The second-order valence-corrected chi connectivity index (χ2v) is 3.64. The monoisotopic (exact) mass is 189 g/mol. The molecule has 0 bridgehead atoms. The molecule has 0 amide bonds. The molecular formula is C11H11NO2. The Morgan fingerprint density at radius 1 is 1.36 bits per heavy atom. The number of rotatable bonds is 1. The highest BCUT2D eigenvalue weighted by atomic mass is 16.6. The van der Waals surface area contributed by atoms with E-state index in [1.54, 1.807) is 12.1 Å². The SMILES string of the molecule is CC1=CCc2cc([N+](=O)[O-])ccc2C1. The summed E-state index contributed by atoms with van der Waals surface area (Å²) < 4.78 is 0. The van der Waals surface area contributed by atoms with Crippen molar-refractivity contribution in [2.75, 3.05) is 0 Å². The van der Waals surface area contributed by atoms with Crippen LogP contribution in [0, 0.1) is 10.1 Å². The third-order valence-corrected chi connectivity index (χ3v) is 2.54. The number of benzene rings is 1. The second kappa shape index (κ2) is 3.25. The van der Waals surface area contributed by atoms with E-state index in [0.29, 0.717) is 0 Å². The molecule has 1 aliphatic rings. The molecule has 1 aromatic carbocycles. The number of nitro benzene ring substituents is 1. The standard InChI is InChI=1S/C11H11NO2/c1-8-2-3-10-7-11(12(13)14)5-4-9(10)6-8/h2,4-5,7H,3,6H2,1H3.